The second kappa shape index (κ2) is 12.1. The van der Waals surface area contributed by atoms with E-state index < -0.39 is 12.2 Å². The highest BCUT2D eigenvalue weighted by molar-refractivity contribution is 5.89. The van der Waals surface area contributed by atoms with Crippen molar-refractivity contribution in [3.05, 3.63) is 54.1 Å². The molecule has 7 nitrogen and oxygen atoms in total. The molecule has 0 radical (unpaired) electrons. The number of hydrogen-bond donors (Lipinski definition) is 1. The molecule has 2 amide bonds. The molecule has 0 unspecified atom stereocenters. The van der Waals surface area contributed by atoms with Crippen LogP contribution in [0, 0.1) is 19.3 Å². The molecule has 2 aromatic rings. The Morgan fingerprint density at radius 3 is 2.60 bits per heavy atom. The summed E-state index contributed by atoms with van der Waals surface area (Å²) < 4.78 is 15.8. The van der Waals surface area contributed by atoms with Crippen LogP contribution in [0.3, 0.4) is 0 Å². The maximum atomic E-state index is 12.9. The number of benzene rings is 2. The first-order valence-corrected chi connectivity index (χ1v) is 9.64. The van der Waals surface area contributed by atoms with Crippen LogP contribution in [0.15, 0.2) is 48.5 Å². The van der Waals surface area contributed by atoms with Crippen LogP contribution in [0.25, 0.3) is 0 Å². The summed E-state index contributed by atoms with van der Waals surface area (Å²) in [6.07, 6.45) is 4.72. The maximum Gasteiger partial charge on any atom is 0.419 e. The van der Waals surface area contributed by atoms with Gasteiger partial charge in [0.1, 0.15) is 5.75 Å². The van der Waals surface area contributed by atoms with Crippen molar-refractivity contribution in [1.29, 1.82) is 0 Å². The normalized spacial score (nSPS) is 10.0. The summed E-state index contributed by atoms with van der Waals surface area (Å²) in [5.74, 6) is 2.49. The Labute approximate surface area is 176 Å². The lowest BCUT2D eigenvalue weighted by Gasteiger charge is -2.22. The van der Waals surface area contributed by atoms with Crippen LogP contribution in [0.4, 0.5) is 21.0 Å². The summed E-state index contributed by atoms with van der Waals surface area (Å²) >= 11 is 0. The third-order valence-electron chi connectivity index (χ3n) is 3.95. The lowest BCUT2D eigenvalue weighted by atomic mass is 10.2. The van der Waals surface area contributed by atoms with Crippen molar-refractivity contribution in [3.8, 4) is 18.1 Å². The standard InChI is InChI=1S/C23H26N2O5/c1-4-14-28-16-13-25(20-11-9-18(3)10-12-20)23(27)30-21-8-6-7-19(17-21)24-22(26)29-15-5-2/h2,6-12,17H,4,13-16H2,1,3H3,(H,24,26). The number of nitrogens with one attached hydrogen (secondary N) is 1. The number of carbonyl (C=O) groups is 2. The molecule has 0 atom stereocenters. The molecule has 0 saturated heterocycles. The highest BCUT2D eigenvalue weighted by Crippen LogP contribution is 2.21. The highest BCUT2D eigenvalue weighted by Gasteiger charge is 2.18. The van der Waals surface area contributed by atoms with E-state index in [4.69, 9.17) is 20.6 Å². The molecule has 0 aromatic heterocycles. The van der Waals surface area contributed by atoms with Gasteiger partial charge in [-0.25, -0.2) is 9.59 Å². The van der Waals surface area contributed by atoms with Crippen molar-refractivity contribution in [2.24, 2.45) is 0 Å². The Kier molecular flexibility index (Phi) is 9.22. The van der Waals surface area contributed by atoms with E-state index in [-0.39, 0.29) is 12.4 Å². The van der Waals surface area contributed by atoms with Gasteiger partial charge in [0, 0.05) is 24.0 Å². The van der Waals surface area contributed by atoms with Gasteiger partial charge in [-0.05, 0) is 37.6 Å². The largest absolute Gasteiger partial charge is 0.436 e. The fraction of sp³-hybridized carbons (Fsp3) is 0.304. The van der Waals surface area contributed by atoms with Crippen molar-refractivity contribution >= 4 is 23.6 Å². The predicted molar refractivity (Wildman–Crippen MR) is 116 cm³/mol. The predicted octanol–water partition coefficient (Wildman–Crippen LogP) is 4.61. The lowest BCUT2D eigenvalue weighted by molar-refractivity contribution is 0.139. The summed E-state index contributed by atoms with van der Waals surface area (Å²) in [5, 5.41) is 2.52. The topological polar surface area (TPSA) is 77.1 Å². The van der Waals surface area contributed by atoms with E-state index in [1.54, 1.807) is 18.2 Å². The van der Waals surface area contributed by atoms with Crippen LogP contribution in [-0.2, 0) is 9.47 Å². The van der Waals surface area contributed by atoms with Gasteiger partial charge in [-0.1, -0.05) is 36.6 Å². The van der Waals surface area contributed by atoms with E-state index in [0.717, 1.165) is 12.0 Å². The molecular formula is C23H26N2O5. The maximum absolute atomic E-state index is 12.9. The van der Waals surface area contributed by atoms with Gasteiger partial charge in [-0.3, -0.25) is 10.2 Å². The van der Waals surface area contributed by atoms with Gasteiger partial charge in [0.05, 0.1) is 13.2 Å². The number of amides is 2. The quantitative estimate of drug-likeness (QED) is 0.483. The number of hydrogen-bond acceptors (Lipinski definition) is 5. The van der Waals surface area contributed by atoms with Crippen LogP contribution < -0.4 is 15.0 Å². The molecular weight excluding hydrogens is 384 g/mol. The van der Waals surface area contributed by atoms with Crippen molar-refractivity contribution in [1.82, 2.24) is 0 Å². The number of terminal acetylenes is 1. The van der Waals surface area contributed by atoms with Crippen LogP contribution in [-0.4, -0.2) is 38.6 Å². The Balaban J connectivity index is 2.08. The average molecular weight is 410 g/mol. The number of aryl methyl sites for hydroxylation is 1. The average Bonchev–Trinajstić information content (AvgIpc) is 2.73. The first-order valence-electron chi connectivity index (χ1n) is 9.64. The zero-order chi connectivity index (χ0) is 21.8. The second-order valence-corrected chi connectivity index (χ2v) is 6.40. The lowest BCUT2D eigenvalue weighted by Crippen LogP contribution is -2.36. The van der Waals surface area contributed by atoms with Crippen LogP contribution in [0.1, 0.15) is 18.9 Å². The zero-order valence-corrected chi connectivity index (χ0v) is 17.2. The SMILES string of the molecule is C#CCOC(=O)Nc1cccc(OC(=O)N(CCOCCC)c2ccc(C)cc2)c1. The van der Waals surface area contributed by atoms with Crippen LogP contribution in [0.2, 0.25) is 0 Å². The minimum atomic E-state index is -0.689. The van der Waals surface area contributed by atoms with Gasteiger partial charge < -0.3 is 14.2 Å². The van der Waals surface area contributed by atoms with Gasteiger partial charge in [0.25, 0.3) is 0 Å². The molecule has 0 heterocycles. The fourth-order valence-electron chi connectivity index (χ4n) is 2.51. The molecule has 158 valence electrons. The number of anilines is 2. The molecule has 7 heteroatoms. The van der Waals surface area contributed by atoms with E-state index in [9.17, 15) is 9.59 Å². The third-order valence-corrected chi connectivity index (χ3v) is 3.95. The molecule has 0 spiro atoms. The van der Waals surface area contributed by atoms with E-state index in [1.165, 1.54) is 11.0 Å². The summed E-state index contributed by atoms with van der Waals surface area (Å²) in [5.41, 5.74) is 2.21. The number of carbonyl (C=O) groups excluding carboxylic acids is 2. The smallest absolute Gasteiger partial charge is 0.419 e. The van der Waals surface area contributed by atoms with Crippen molar-refractivity contribution in [2.45, 2.75) is 20.3 Å². The molecule has 2 rings (SSSR count). The van der Waals surface area contributed by atoms with E-state index in [2.05, 4.69) is 11.2 Å². The Morgan fingerprint density at radius 2 is 1.90 bits per heavy atom. The first-order chi connectivity index (χ1) is 14.5. The number of rotatable bonds is 9. The monoisotopic (exact) mass is 410 g/mol. The molecule has 0 fully saturated rings. The summed E-state index contributed by atoms with van der Waals surface area (Å²) in [6.45, 7) is 5.23. The van der Waals surface area contributed by atoms with Crippen LogP contribution >= 0.6 is 0 Å². The molecule has 0 aliphatic heterocycles. The minimum Gasteiger partial charge on any atom is -0.436 e. The molecule has 30 heavy (non-hydrogen) atoms. The van der Waals surface area contributed by atoms with Crippen molar-refractivity contribution in [2.75, 3.05) is 36.6 Å². The Morgan fingerprint density at radius 1 is 1.13 bits per heavy atom. The molecule has 2 aromatic carbocycles. The zero-order valence-electron chi connectivity index (χ0n) is 17.2. The fourth-order valence-corrected chi connectivity index (χ4v) is 2.51. The van der Waals surface area contributed by atoms with E-state index in [1.807, 2.05) is 38.1 Å². The Bertz CT molecular complexity index is 874. The molecule has 0 aliphatic rings. The summed E-state index contributed by atoms with van der Waals surface area (Å²) in [7, 11) is 0. The molecule has 0 aliphatic carbocycles. The van der Waals surface area contributed by atoms with Crippen molar-refractivity contribution in [3.63, 3.8) is 0 Å². The van der Waals surface area contributed by atoms with Crippen LogP contribution in [0.5, 0.6) is 5.75 Å². The highest BCUT2D eigenvalue weighted by atomic mass is 16.6. The second-order valence-electron chi connectivity index (χ2n) is 6.40. The molecule has 0 saturated carbocycles. The van der Waals surface area contributed by atoms with Gasteiger partial charge in [0.2, 0.25) is 0 Å². The Hall–Kier alpha value is -3.50. The number of ether oxygens (including phenoxy) is 3. The van der Waals surface area contributed by atoms with E-state index in [0.29, 0.717) is 31.1 Å². The minimum absolute atomic E-state index is 0.133. The summed E-state index contributed by atoms with van der Waals surface area (Å²) in [6, 6.07) is 14.0. The van der Waals surface area contributed by atoms with Gasteiger partial charge in [0.15, 0.2) is 6.61 Å². The molecule has 1 N–H and O–H groups in total. The third kappa shape index (κ3) is 7.49. The van der Waals surface area contributed by atoms with E-state index >= 15 is 0 Å². The van der Waals surface area contributed by atoms with Gasteiger partial charge in [-0.2, -0.15) is 0 Å². The van der Waals surface area contributed by atoms with Crippen molar-refractivity contribution < 1.29 is 23.8 Å². The molecule has 0 bridgehead atoms. The summed E-state index contributed by atoms with van der Waals surface area (Å²) in [4.78, 5) is 26.0. The van der Waals surface area contributed by atoms with Gasteiger partial charge in [-0.15, -0.1) is 6.42 Å². The number of nitrogens with zero attached hydrogens (tertiary/aromatic N) is 1. The first kappa shape index (κ1) is 22.8. The van der Waals surface area contributed by atoms with Gasteiger partial charge >= 0.3 is 12.2 Å².